The predicted molar refractivity (Wildman–Crippen MR) is 76.6 cm³/mol. The van der Waals surface area contributed by atoms with Gasteiger partial charge in [0.05, 0.1) is 12.0 Å². The minimum absolute atomic E-state index is 0.573. The fraction of sp³-hybridized carbons (Fsp3) is 0.385. The molecule has 3 heterocycles. The maximum Gasteiger partial charge on any atom is 0.237 e. The van der Waals surface area contributed by atoms with Crippen LogP contribution in [0.25, 0.3) is 11.6 Å². The second kappa shape index (κ2) is 6.13. The molecule has 0 radical (unpaired) electrons. The van der Waals surface area contributed by atoms with Crippen molar-refractivity contribution in [3.8, 4) is 11.6 Å². The van der Waals surface area contributed by atoms with Crippen molar-refractivity contribution >= 4 is 11.8 Å². The fourth-order valence-electron chi connectivity index (χ4n) is 1.89. The molecule has 8 heteroatoms. The van der Waals surface area contributed by atoms with E-state index in [1.165, 1.54) is 11.8 Å². The zero-order valence-corrected chi connectivity index (χ0v) is 12.6. The predicted octanol–water partition coefficient (Wildman–Crippen LogP) is 2.80. The summed E-state index contributed by atoms with van der Waals surface area (Å²) in [4.78, 5) is 4.28. The molecule has 0 fully saturated rings. The Hall–Kier alpha value is -2.09. The Labute approximate surface area is 125 Å². The first-order chi connectivity index (χ1) is 10.3. The summed E-state index contributed by atoms with van der Waals surface area (Å²) in [5.41, 5.74) is 0. The van der Waals surface area contributed by atoms with E-state index in [1.807, 2.05) is 30.5 Å². The molecule has 0 aliphatic heterocycles. The Kier molecular flexibility index (Phi) is 4.05. The molecule has 0 unspecified atom stereocenters. The average Bonchev–Trinajstić information content (AvgIpc) is 3.23. The first-order valence-electron chi connectivity index (χ1n) is 6.73. The molecule has 0 spiro atoms. The van der Waals surface area contributed by atoms with Crippen molar-refractivity contribution in [2.75, 3.05) is 0 Å². The van der Waals surface area contributed by atoms with E-state index in [-0.39, 0.29) is 0 Å². The SMILES string of the molecule is CCc1noc(CSc2nnc(-c3ccco3)n2CC)n1. The highest BCUT2D eigenvalue weighted by molar-refractivity contribution is 7.98. The van der Waals surface area contributed by atoms with Crippen molar-refractivity contribution in [2.45, 2.75) is 37.7 Å². The van der Waals surface area contributed by atoms with E-state index in [4.69, 9.17) is 8.94 Å². The lowest BCUT2D eigenvalue weighted by molar-refractivity contribution is 0.385. The first kappa shape index (κ1) is 13.9. The van der Waals surface area contributed by atoms with E-state index >= 15 is 0 Å². The Balaban J connectivity index is 1.76. The van der Waals surface area contributed by atoms with Crippen LogP contribution >= 0.6 is 11.8 Å². The summed E-state index contributed by atoms with van der Waals surface area (Å²) in [6, 6.07) is 3.71. The van der Waals surface area contributed by atoms with Gasteiger partial charge in [-0.05, 0) is 19.1 Å². The fourth-order valence-corrected chi connectivity index (χ4v) is 2.73. The molecule has 0 saturated heterocycles. The number of hydrogen-bond acceptors (Lipinski definition) is 7. The number of nitrogens with zero attached hydrogens (tertiary/aromatic N) is 5. The van der Waals surface area contributed by atoms with E-state index in [1.54, 1.807) is 6.26 Å². The van der Waals surface area contributed by atoms with Gasteiger partial charge in [-0.3, -0.25) is 4.57 Å². The molecule has 0 N–H and O–H groups in total. The molecule has 3 aromatic rings. The highest BCUT2D eigenvalue weighted by Crippen LogP contribution is 2.26. The molecule has 3 aromatic heterocycles. The lowest BCUT2D eigenvalue weighted by atomic mass is 10.4. The summed E-state index contributed by atoms with van der Waals surface area (Å²) in [5, 5.41) is 13.1. The van der Waals surface area contributed by atoms with Gasteiger partial charge in [-0.2, -0.15) is 4.98 Å². The summed E-state index contributed by atoms with van der Waals surface area (Å²) in [6.45, 7) is 4.79. The third kappa shape index (κ3) is 2.85. The van der Waals surface area contributed by atoms with Crippen molar-refractivity contribution in [3.05, 3.63) is 30.1 Å². The van der Waals surface area contributed by atoms with Gasteiger partial charge in [0, 0.05) is 13.0 Å². The number of aryl methyl sites for hydroxylation is 1. The van der Waals surface area contributed by atoms with Crippen LogP contribution in [0.1, 0.15) is 25.6 Å². The zero-order chi connectivity index (χ0) is 14.7. The number of aromatic nitrogens is 5. The minimum Gasteiger partial charge on any atom is -0.461 e. The Morgan fingerprint density at radius 3 is 2.86 bits per heavy atom. The topological polar surface area (TPSA) is 82.8 Å². The molecule has 21 heavy (non-hydrogen) atoms. The summed E-state index contributed by atoms with van der Waals surface area (Å²) in [5.74, 6) is 3.33. The highest BCUT2D eigenvalue weighted by atomic mass is 32.2. The second-order valence-electron chi connectivity index (χ2n) is 4.27. The summed E-state index contributed by atoms with van der Waals surface area (Å²) >= 11 is 1.52. The van der Waals surface area contributed by atoms with Gasteiger partial charge in [-0.1, -0.05) is 23.8 Å². The minimum atomic E-state index is 0.573. The van der Waals surface area contributed by atoms with E-state index in [0.717, 1.165) is 29.8 Å². The summed E-state index contributed by atoms with van der Waals surface area (Å²) in [7, 11) is 0. The van der Waals surface area contributed by atoms with Gasteiger partial charge in [-0.25, -0.2) is 0 Å². The van der Waals surface area contributed by atoms with Crippen LogP contribution in [0.5, 0.6) is 0 Å². The summed E-state index contributed by atoms with van der Waals surface area (Å²) < 4.78 is 12.6. The summed E-state index contributed by atoms with van der Waals surface area (Å²) in [6.07, 6.45) is 2.39. The van der Waals surface area contributed by atoms with Gasteiger partial charge in [-0.15, -0.1) is 10.2 Å². The molecule has 0 bridgehead atoms. The first-order valence-corrected chi connectivity index (χ1v) is 7.71. The highest BCUT2D eigenvalue weighted by Gasteiger charge is 2.16. The maximum atomic E-state index is 5.38. The van der Waals surface area contributed by atoms with Gasteiger partial charge >= 0.3 is 0 Å². The molecule has 0 amide bonds. The monoisotopic (exact) mass is 305 g/mol. The van der Waals surface area contributed by atoms with Crippen LogP contribution in [-0.2, 0) is 18.7 Å². The number of rotatable bonds is 6. The van der Waals surface area contributed by atoms with Crippen LogP contribution in [-0.4, -0.2) is 24.9 Å². The molecule has 3 rings (SSSR count). The Morgan fingerprint density at radius 1 is 1.29 bits per heavy atom. The number of hydrogen-bond donors (Lipinski definition) is 0. The van der Waals surface area contributed by atoms with Gasteiger partial charge in [0.2, 0.25) is 5.89 Å². The molecule has 110 valence electrons. The molecule has 0 aliphatic rings. The zero-order valence-electron chi connectivity index (χ0n) is 11.8. The quantitative estimate of drug-likeness (QED) is 0.647. The molecule has 7 nitrogen and oxygen atoms in total. The molecular formula is C13H15N5O2S. The van der Waals surface area contributed by atoms with Crippen molar-refractivity contribution < 1.29 is 8.94 Å². The van der Waals surface area contributed by atoms with Gasteiger partial charge in [0.25, 0.3) is 0 Å². The molecule has 0 atom stereocenters. The van der Waals surface area contributed by atoms with Crippen LogP contribution in [0.3, 0.4) is 0 Å². The van der Waals surface area contributed by atoms with Crippen molar-refractivity contribution in [1.82, 2.24) is 24.9 Å². The number of furan rings is 1. The standard InChI is InChI=1S/C13H15N5O2S/c1-3-10-14-11(20-17-10)8-21-13-16-15-12(18(13)4-2)9-6-5-7-19-9/h5-7H,3-4,8H2,1-2H3. The maximum absolute atomic E-state index is 5.38. The van der Waals surface area contributed by atoms with Crippen molar-refractivity contribution in [3.63, 3.8) is 0 Å². The van der Waals surface area contributed by atoms with Crippen LogP contribution in [0.4, 0.5) is 0 Å². The Morgan fingerprint density at radius 2 is 2.19 bits per heavy atom. The lowest BCUT2D eigenvalue weighted by Crippen LogP contribution is -1.99. The number of thioether (sulfide) groups is 1. The third-order valence-corrected chi connectivity index (χ3v) is 3.88. The normalized spacial score (nSPS) is 11.1. The van der Waals surface area contributed by atoms with E-state index in [2.05, 4.69) is 20.3 Å². The van der Waals surface area contributed by atoms with Gasteiger partial charge in [0.15, 0.2) is 22.6 Å². The van der Waals surface area contributed by atoms with Crippen molar-refractivity contribution in [2.24, 2.45) is 0 Å². The van der Waals surface area contributed by atoms with Crippen LogP contribution < -0.4 is 0 Å². The van der Waals surface area contributed by atoms with Crippen LogP contribution in [0, 0.1) is 0 Å². The second-order valence-corrected chi connectivity index (χ2v) is 5.22. The third-order valence-electron chi connectivity index (χ3n) is 2.93. The molecule has 0 aromatic carbocycles. The molecule has 0 saturated carbocycles. The molecule has 0 aliphatic carbocycles. The molecular weight excluding hydrogens is 290 g/mol. The lowest BCUT2D eigenvalue weighted by Gasteiger charge is -2.04. The van der Waals surface area contributed by atoms with E-state index in [9.17, 15) is 0 Å². The average molecular weight is 305 g/mol. The Bertz CT molecular complexity index is 704. The van der Waals surface area contributed by atoms with Gasteiger partial charge < -0.3 is 8.94 Å². The smallest absolute Gasteiger partial charge is 0.237 e. The van der Waals surface area contributed by atoms with Crippen molar-refractivity contribution in [1.29, 1.82) is 0 Å². The van der Waals surface area contributed by atoms with Crippen LogP contribution in [0.15, 0.2) is 32.5 Å². The van der Waals surface area contributed by atoms with E-state index < -0.39 is 0 Å². The largest absolute Gasteiger partial charge is 0.461 e. The van der Waals surface area contributed by atoms with Crippen LogP contribution in [0.2, 0.25) is 0 Å². The van der Waals surface area contributed by atoms with Gasteiger partial charge in [0.1, 0.15) is 0 Å². The van der Waals surface area contributed by atoms with E-state index in [0.29, 0.717) is 17.4 Å².